The lowest BCUT2D eigenvalue weighted by molar-refractivity contribution is -0.145. The molecule has 1 aromatic rings. The fraction of sp³-hybridized carbons (Fsp3) is 0.474. The quantitative estimate of drug-likeness (QED) is 0.386. The Morgan fingerprint density at radius 2 is 1.68 bits per heavy atom. The highest BCUT2D eigenvalue weighted by molar-refractivity contribution is 5.94. The monoisotopic (exact) mass is 393 g/mol. The third-order valence-corrected chi connectivity index (χ3v) is 4.03. The summed E-state index contributed by atoms with van der Waals surface area (Å²) in [5.41, 5.74) is 6.49. The minimum atomic E-state index is -1.36. The number of carbonyl (C=O) groups excluding carboxylic acids is 3. The fourth-order valence-corrected chi connectivity index (χ4v) is 2.56. The van der Waals surface area contributed by atoms with E-state index in [9.17, 15) is 19.2 Å². The molecule has 5 N–H and O–H groups in total. The second-order valence-corrected chi connectivity index (χ2v) is 6.33. The summed E-state index contributed by atoms with van der Waals surface area (Å²) in [7, 11) is 1.19. The van der Waals surface area contributed by atoms with Crippen molar-refractivity contribution in [2.45, 2.75) is 50.7 Å². The van der Waals surface area contributed by atoms with Crippen molar-refractivity contribution in [3.8, 4) is 0 Å². The Labute approximate surface area is 163 Å². The van der Waals surface area contributed by atoms with Gasteiger partial charge in [0.25, 0.3) is 0 Å². The molecule has 0 aliphatic heterocycles. The lowest BCUT2D eigenvalue weighted by Gasteiger charge is -2.22. The Kier molecular flexibility index (Phi) is 9.66. The summed E-state index contributed by atoms with van der Waals surface area (Å²) in [4.78, 5) is 47.8. The maximum Gasteiger partial charge on any atom is 0.328 e. The summed E-state index contributed by atoms with van der Waals surface area (Å²) in [6.07, 6.45) is 0.565. The zero-order valence-corrected chi connectivity index (χ0v) is 16.0. The van der Waals surface area contributed by atoms with Gasteiger partial charge in [-0.3, -0.25) is 14.4 Å². The largest absolute Gasteiger partial charge is 0.481 e. The van der Waals surface area contributed by atoms with Crippen LogP contribution in [0.15, 0.2) is 30.3 Å². The number of amides is 2. The normalized spacial score (nSPS) is 13.7. The van der Waals surface area contributed by atoms with E-state index in [2.05, 4.69) is 10.6 Å². The average Bonchev–Trinajstić information content (AvgIpc) is 2.66. The van der Waals surface area contributed by atoms with Gasteiger partial charge in [-0.15, -0.1) is 0 Å². The number of methoxy groups -OCH3 is 1. The van der Waals surface area contributed by atoms with Crippen molar-refractivity contribution in [3.05, 3.63) is 35.9 Å². The van der Waals surface area contributed by atoms with Gasteiger partial charge in [-0.2, -0.15) is 0 Å². The molecule has 0 spiro atoms. The molecule has 0 bridgehead atoms. The smallest absolute Gasteiger partial charge is 0.328 e. The number of carbonyl (C=O) groups is 4. The third kappa shape index (κ3) is 7.75. The first-order chi connectivity index (χ1) is 13.3. The van der Waals surface area contributed by atoms with Gasteiger partial charge in [0.1, 0.15) is 12.1 Å². The van der Waals surface area contributed by atoms with Crippen LogP contribution in [0, 0.1) is 0 Å². The molecule has 0 radical (unpaired) electrons. The standard InChI is InChI=1S/C19H27N3O6/c1-3-7-13(20)17(25)21-14(11-16(23)24)18(26)22-15(19(27)28-2)10-12-8-5-4-6-9-12/h4-6,8-9,13-15H,3,7,10-11,20H2,1-2H3,(H,21,25)(H,22,26)(H,23,24)/t13-,14+,15+/m1/s1. The minimum absolute atomic E-state index is 0.155. The van der Waals surface area contributed by atoms with E-state index in [1.54, 1.807) is 24.3 Å². The molecule has 3 atom stereocenters. The van der Waals surface area contributed by atoms with Crippen molar-refractivity contribution >= 4 is 23.8 Å². The SMILES string of the molecule is CCC[C@@H](N)C(=O)N[C@@H](CC(=O)O)C(=O)N[C@@H](Cc1ccccc1)C(=O)OC. The zero-order chi connectivity index (χ0) is 21.1. The van der Waals surface area contributed by atoms with Crippen LogP contribution in [0.2, 0.25) is 0 Å². The van der Waals surface area contributed by atoms with Crippen LogP contribution in [-0.2, 0) is 30.3 Å². The topological polar surface area (TPSA) is 148 Å². The van der Waals surface area contributed by atoms with Crippen LogP contribution in [0.25, 0.3) is 0 Å². The number of benzene rings is 1. The van der Waals surface area contributed by atoms with Crippen molar-refractivity contribution in [3.63, 3.8) is 0 Å². The van der Waals surface area contributed by atoms with Gasteiger partial charge in [0.15, 0.2) is 0 Å². The second-order valence-electron chi connectivity index (χ2n) is 6.33. The molecule has 9 heteroatoms. The number of esters is 1. The van der Waals surface area contributed by atoms with E-state index >= 15 is 0 Å². The Morgan fingerprint density at radius 3 is 2.21 bits per heavy atom. The number of carboxylic acids is 1. The van der Waals surface area contributed by atoms with Crippen LogP contribution in [0.3, 0.4) is 0 Å². The van der Waals surface area contributed by atoms with Crippen LogP contribution in [0.1, 0.15) is 31.7 Å². The summed E-state index contributed by atoms with van der Waals surface area (Å²) in [6.45, 7) is 1.85. The number of nitrogens with two attached hydrogens (primary N) is 1. The van der Waals surface area contributed by atoms with Gasteiger partial charge in [0.2, 0.25) is 11.8 Å². The van der Waals surface area contributed by atoms with E-state index in [0.717, 1.165) is 5.56 Å². The van der Waals surface area contributed by atoms with Crippen LogP contribution in [0.5, 0.6) is 0 Å². The maximum atomic E-state index is 12.6. The number of aliphatic carboxylic acids is 1. The fourth-order valence-electron chi connectivity index (χ4n) is 2.56. The van der Waals surface area contributed by atoms with Crippen molar-refractivity contribution in [1.82, 2.24) is 10.6 Å². The van der Waals surface area contributed by atoms with E-state index in [1.165, 1.54) is 7.11 Å². The first-order valence-electron chi connectivity index (χ1n) is 8.98. The molecule has 154 valence electrons. The number of hydrogen-bond donors (Lipinski definition) is 4. The van der Waals surface area contributed by atoms with E-state index in [-0.39, 0.29) is 6.42 Å². The van der Waals surface area contributed by atoms with E-state index in [4.69, 9.17) is 15.6 Å². The molecule has 0 fully saturated rings. The molecule has 9 nitrogen and oxygen atoms in total. The molecule has 0 heterocycles. The highest BCUT2D eigenvalue weighted by atomic mass is 16.5. The van der Waals surface area contributed by atoms with Crippen molar-refractivity contribution in [2.75, 3.05) is 7.11 Å². The lowest BCUT2D eigenvalue weighted by Crippen LogP contribution is -2.55. The van der Waals surface area contributed by atoms with Crippen molar-refractivity contribution in [1.29, 1.82) is 0 Å². The van der Waals surface area contributed by atoms with Crippen molar-refractivity contribution in [2.24, 2.45) is 5.73 Å². The van der Waals surface area contributed by atoms with Crippen LogP contribution in [0.4, 0.5) is 0 Å². The van der Waals surface area contributed by atoms with E-state index in [0.29, 0.717) is 12.8 Å². The highest BCUT2D eigenvalue weighted by Gasteiger charge is 2.30. The molecule has 0 unspecified atom stereocenters. The van der Waals surface area contributed by atoms with Gasteiger partial charge < -0.3 is 26.2 Å². The first-order valence-corrected chi connectivity index (χ1v) is 8.98. The predicted molar refractivity (Wildman–Crippen MR) is 101 cm³/mol. The summed E-state index contributed by atoms with van der Waals surface area (Å²) in [5.74, 6) is -3.38. The molecule has 0 saturated heterocycles. The van der Waals surface area contributed by atoms with Gasteiger partial charge in [0.05, 0.1) is 19.6 Å². The predicted octanol–water partition coefficient (Wildman–Crippen LogP) is -0.0262. The second kappa shape index (κ2) is 11.7. The van der Waals surface area contributed by atoms with E-state index in [1.807, 2.05) is 13.0 Å². The third-order valence-electron chi connectivity index (χ3n) is 4.03. The zero-order valence-electron chi connectivity index (χ0n) is 16.0. The number of hydrogen-bond acceptors (Lipinski definition) is 6. The molecule has 28 heavy (non-hydrogen) atoms. The molecule has 2 amide bonds. The highest BCUT2D eigenvalue weighted by Crippen LogP contribution is 2.06. The summed E-state index contributed by atoms with van der Waals surface area (Å²) >= 11 is 0. The number of nitrogens with one attached hydrogen (secondary N) is 2. The summed E-state index contributed by atoms with van der Waals surface area (Å²) in [5, 5.41) is 13.9. The number of carboxylic acid groups (broad SMARTS) is 1. The lowest BCUT2D eigenvalue weighted by atomic mass is 10.0. The van der Waals surface area contributed by atoms with Crippen LogP contribution >= 0.6 is 0 Å². The first kappa shape index (κ1) is 23.1. The average molecular weight is 393 g/mol. The number of ether oxygens (including phenoxy) is 1. The summed E-state index contributed by atoms with van der Waals surface area (Å²) < 4.78 is 4.72. The Bertz CT molecular complexity index is 680. The van der Waals surface area contributed by atoms with Gasteiger partial charge in [0, 0.05) is 6.42 Å². The van der Waals surface area contributed by atoms with Gasteiger partial charge in [-0.1, -0.05) is 43.7 Å². The maximum absolute atomic E-state index is 12.6. The van der Waals surface area contributed by atoms with Crippen LogP contribution < -0.4 is 16.4 Å². The molecule has 0 saturated carbocycles. The molecule has 1 aromatic carbocycles. The van der Waals surface area contributed by atoms with Gasteiger partial charge in [-0.25, -0.2) is 4.79 Å². The molecular formula is C19H27N3O6. The minimum Gasteiger partial charge on any atom is -0.481 e. The summed E-state index contributed by atoms with van der Waals surface area (Å²) in [6, 6.07) is 5.70. The molecular weight excluding hydrogens is 366 g/mol. The molecule has 1 rings (SSSR count). The molecule has 0 aliphatic carbocycles. The van der Waals surface area contributed by atoms with Crippen LogP contribution in [-0.4, -0.2) is 54.1 Å². The van der Waals surface area contributed by atoms with E-state index < -0.39 is 48.3 Å². The Balaban J connectivity index is 2.90. The molecule has 0 aliphatic rings. The Hall–Kier alpha value is -2.94. The number of rotatable bonds is 11. The van der Waals surface area contributed by atoms with Gasteiger partial charge in [-0.05, 0) is 12.0 Å². The van der Waals surface area contributed by atoms with Gasteiger partial charge >= 0.3 is 11.9 Å². The molecule has 0 aromatic heterocycles. The Morgan fingerprint density at radius 1 is 1.07 bits per heavy atom. The van der Waals surface area contributed by atoms with Crippen molar-refractivity contribution < 1.29 is 29.0 Å².